The highest BCUT2D eigenvalue weighted by Gasteiger charge is 2.13. The van der Waals surface area contributed by atoms with E-state index in [1.54, 1.807) is 11.8 Å². The molecule has 2 aromatic heterocycles. The zero-order valence-corrected chi connectivity index (χ0v) is 12.4. The molecule has 0 saturated carbocycles. The van der Waals surface area contributed by atoms with Crippen LogP contribution in [0.25, 0.3) is 0 Å². The van der Waals surface area contributed by atoms with Gasteiger partial charge in [-0.15, -0.1) is 10.2 Å². The van der Waals surface area contributed by atoms with Crippen molar-refractivity contribution in [2.24, 2.45) is 7.05 Å². The van der Waals surface area contributed by atoms with Gasteiger partial charge in [0.15, 0.2) is 11.0 Å². The number of hydrogen-bond donors (Lipinski definition) is 1. The molecular weight excluding hydrogens is 264 g/mol. The molecule has 2 heterocycles. The SMILES string of the molecule is CNCc1nnc(SCc2noc(C(C)C)n2)n1C. The Morgan fingerprint density at radius 2 is 2.16 bits per heavy atom. The van der Waals surface area contributed by atoms with Gasteiger partial charge in [0.25, 0.3) is 0 Å². The van der Waals surface area contributed by atoms with Crippen molar-refractivity contribution < 1.29 is 4.52 Å². The zero-order chi connectivity index (χ0) is 13.8. The first kappa shape index (κ1) is 14.0. The Labute approximate surface area is 116 Å². The highest BCUT2D eigenvalue weighted by molar-refractivity contribution is 7.98. The van der Waals surface area contributed by atoms with E-state index >= 15 is 0 Å². The molecular formula is C11H18N6OS. The third-order valence-electron chi connectivity index (χ3n) is 2.57. The van der Waals surface area contributed by atoms with Crippen LogP contribution in [-0.2, 0) is 19.3 Å². The van der Waals surface area contributed by atoms with Crippen molar-refractivity contribution in [2.75, 3.05) is 7.05 Å². The van der Waals surface area contributed by atoms with Crippen LogP contribution in [0.3, 0.4) is 0 Å². The first-order chi connectivity index (χ1) is 9.11. The van der Waals surface area contributed by atoms with Gasteiger partial charge in [-0.3, -0.25) is 0 Å². The van der Waals surface area contributed by atoms with Gasteiger partial charge in [0.05, 0.1) is 12.3 Å². The van der Waals surface area contributed by atoms with E-state index in [1.165, 1.54) is 0 Å². The molecule has 0 aromatic carbocycles. The van der Waals surface area contributed by atoms with E-state index in [2.05, 4.69) is 25.7 Å². The van der Waals surface area contributed by atoms with Gasteiger partial charge >= 0.3 is 0 Å². The van der Waals surface area contributed by atoms with Crippen LogP contribution in [0.5, 0.6) is 0 Å². The van der Waals surface area contributed by atoms with Gasteiger partial charge in [0, 0.05) is 13.0 Å². The Morgan fingerprint density at radius 1 is 1.37 bits per heavy atom. The van der Waals surface area contributed by atoms with Gasteiger partial charge in [-0.1, -0.05) is 30.8 Å². The van der Waals surface area contributed by atoms with E-state index in [0.717, 1.165) is 11.0 Å². The predicted octanol–water partition coefficient (Wildman–Crippen LogP) is 1.33. The standard InChI is InChI=1S/C11H18N6OS/c1-7(2)10-13-8(16-18-10)6-19-11-15-14-9(5-12-3)17(11)4/h7,12H,5-6H2,1-4H3. The lowest BCUT2D eigenvalue weighted by molar-refractivity contribution is 0.362. The van der Waals surface area contributed by atoms with Gasteiger partial charge in [-0.2, -0.15) is 4.98 Å². The molecule has 0 bridgehead atoms. The van der Waals surface area contributed by atoms with Crippen LogP contribution in [0.1, 0.15) is 37.3 Å². The molecule has 1 N–H and O–H groups in total. The molecule has 0 aliphatic rings. The van der Waals surface area contributed by atoms with Crippen molar-refractivity contribution in [3.05, 3.63) is 17.5 Å². The molecule has 0 spiro atoms. The molecule has 104 valence electrons. The number of rotatable bonds is 6. The minimum atomic E-state index is 0.253. The molecule has 2 rings (SSSR count). The van der Waals surface area contributed by atoms with E-state index in [4.69, 9.17) is 4.52 Å². The smallest absolute Gasteiger partial charge is 0.229 e. The number of nitrogens with one attached hydrogen (secondary N) is 1. The normalized spacial score (nSPS) is 11.4. The number of hydrogen-bond acceptors (Lipinski definition) is 7. The van der Waals surface area contributed by atoms with Crippen molar-refractivity contribution in [2.45, 2.75) is 37.2 Å². The van der Waals surface area contributed by atoms with E-state index < -0.39 is 0 Å². The molecule has 0 unspecified atom stereocenters. The average Bonchev–Trinajstić information content (AvgIpc) is 2.97. The molecule has 0 aliphatic carbocycles. The Kier molecular flexibility index (Phi) is 4.54. The summed E-state index contributed by atoms with van der Waals surface area (Å²) in [7, 11) is 3.83. The molecule has 0 aliphatic heterocycles. The summed E-state index contributed by atoms with van der Waals surface area (Å²) in [6, 6.07) is 0. The molecule has 2 aromatic rings. The third-order valence-corrected chi connectivity index (χ3v) is 3.58. The van der Waals surface area contributed by atoms with Crippen LogP contribution >= 0.6 is 11.8 Å². The zero-order valence-electron chi connectivity index (χ0n) is 11.5. The third kappa shape index (κ3) is 3.32. The molecule has 0 amide bonds. The first-order valence-corrected chi connectivity index (χ1v) is 7.08. The maximum Gasteiger partial charge on any atom is 0.229 e. The maximum atomic E-state index is 5.16. The van der Waals surface area contributed by atoms with Crippen molar-refractivity contribution >= 4 is 11.8 Å². The predicted molar refractivity (Wildman–Crippen MR) is 71.7 cm³/mol. The molecule has 0 radical (unpaired) electrons. The van der Waals surface area contributed by atoms with E-state index in [9.17, 15) is 0 Å². The molecule has 19 heavy (non-hydrogen) atoms. The second-order valence-corrected chi connectivity index (χ2v) is 5.42. The largest absolute Gasteiger partial charge is 0.339 e. The maximum absolute atomic E-state index is 5.16. The lowest BCUT2D eigenvalue weighted by Gasteiger charge is -2.01. The Hall–Kier alpha value is -1.41. The summed E-state index contributed by atoms with van der Waals surface area (Å²) in [6.07, 6.45) is 0. The molecule has 0 atom stereocenters. The van der Waals surface area contributed by atoms with Crippen LogP contribution < -0.4 is 5.32 Å². The Bertz CT molecular complexity index is 535. The topological polar surface area (TPSA) is 81.7 Å². The summed E-state index contributed by atoms with van der Waals surface area (Å²) in [5.41, 5.74) is 0. The highest BCUT2D eigenvalue weighted by atomic mass is 32.2. The summed E-state index contributed by atoms with van der Waals surface area (Å²) >= 11 is 1.55. The fourth-order valence-electron chi connectivity index (χ4n) is 1.47. The molecule has 8 heteroatoms. The van der Waals surface area contributed by atoms with Gasteiger partial charge in [0.2, 0.25) is 5.89 Å². The summed E-state index contributed by atoms with van der Waals surface area (Å²) in [5.74, 6) is 3.14. The van der Waals surface area contributed by atoms with Gasteiger partial charge in [0.1, 0.15) is 5.82 Å². The van der Waals surface area contributed by atoms with Gasteiger partial charge < -0.3 is 14.4 Å². The van der Waals surface area contributed by atoms with Crippen molar-refractivity contribution in [3.8, 4) is 0 Å². The minimum absolute atomic E-state index is 0.253. The number of thioether (sulfide) groups is 1. The monoisotopic (exact) mass is 282 g/mol. The molecule has 7 nitrogen and oxygen atoms in total. The summed E-state index contributed by atoms with van der Waals surface area (Å²) < 4.78 is 7.12. The van der Waals surface area contributed by atoms with Crippen LogP contribution in [0.15, 0.2) is 9.68 Å². The fourth-order valence-corrected chi connectivity index (χ4v) is 2.25. The number of nitrogens with zero attached hydrogens (tertiary/aromatic N) is 5. The summed E-state index contributed by atoms with van der Waals surface area (Å²) in [6.45, 7) is 4.75. The summed E-state index contributed by atoms with van der Waals surface area (Å²) in [4.78, 5) is 4.33. The van der Waals surface area contributed by atoms with Crippen LogP contribution in [0, 0.1) is 0 Å². The Balaban J connectivity index is 1.98. The lowest BCUT2D eigenvalue weighted by Crippen LogP contribution is -2.10. The van der Waals surface area contributed by atoms with Crippen molar-refractivity contribution in [3.63, 3.8) is 0 Å². The highest BCUT2D eigenvalue weighted by Crippen LogP contribution is 2.20. The lowest BCUT2D eigenvalue weighted by atomic mass is 10.2. The van der Waals surface area contributed by atoms with E-state index in [1.807, 2.05) is 32.5 Å². The van der Waals surface area contributed by atoms with Gasteiger partial charge in [-0.05, 0) is 7.05 Å². The van der Waals surface area contributed by atoms with E-state index in [0.29, 0.717) is 24.0 Å². The fraction of sp³-hybridized carbons (Fsp3) is 0.636. The van der Waals surface area contributed by atoms with Crippen LogP contribution in [0.2, 0.25) is 0 Å². The van der Waals surface area contributed by atoms with Crippen molar-refractivity contribution in [1.29, 1.82) is 0 Å². The van der Waals surface area contributed by atoms with Gasteiger partial charge in [-0.25, -0.2) is 0 Å². The average molecular weight is 282 g/mol. The Morgan fingerprint density at radius 3 is 2.79 bits per heavy atom. The van der Waals surface area contributed by atoms with Crippen LogP contribution in [0.4, 0.5) is 0 Å². The quantitative estimate of drug-likeness (QED) is 0.800. The molecule has 0 fully saturated rings. The molecule has 0 saturated heterocycles. The van der Waals surface area contributed by atoms with E-state index in [-0.39, 0.29) is 5.92 Å². The van der Waals surface area contributed by atoms with Crippen molar-refractivity contribution in [1.82, 2.24) is 30.2 Å². The second kappa shape index (κ2) is 6.16. The minimum Gasteiger partial charge on any atom is -0.339 e. The second-order valence-electron chi connectivity index (χ2n) is 4.48. The van der Waals surface area contributed by atoms with Crippen LogP contribution in [-0.4, -0.2) is 32.0 Å². The first-order valence-electron chi connectivity index (χ1n) is 6.10. The summed E-state index contributed by atoms with van der Waals surface area (Å²) in [5, 5.41) is 16.1. The number of aromatic nitrogens is 5.